The van der Waals surface area contributed by atoms with Gasteiger partial charge in [-0.2, -0.15) is 5.10 Å². The minimum Gasteiger partial charge on any atom is -0.475 e. The summed E-state index contributed by atoms with van der Waals surface area (Å²) < 4.78 is 7.24. The van der Waals surface area contributed by atoms with Crippen molar-refractivity contribution in [1.82, 2.24) is 9.78 Å². The standard InChI is InChI=1S/C13H16N2O2/c1-11-9-13(17-8-7-16)15(14-11)10-12-5-3-2-4-6-12/h2-6,9,16H,7-8,10H2,1H3. The highest BCUT2D eigenvalue weighted by molar-refractivity contribution is 5.20. The molecule has 2 aromatic rings. The number of hydrogen-bond donors (Lipinski definition) is 1. The second-order valence-corrected chi connectivity index (χ2v) is 3.84. The first-order valence-electron chi connectivity index (χ1n) is 5.61. The highest BCUT2D eigenvalue weighted by Gasteiger charge is 2.06. The quantitative estimate of drug-likeness (QED) is 0.852. The van der Waals surface area contributed by atoms with Gasteiger partial charge in [0.25, 0.3) is 0 Å². The smallest absolute Gasteiger partial charge is 0.212 e. The molecule has 0 atom stereocenters. The fourth-order valence-electron chi connectivity index (χ4n) is 1.66. The lowest BCUT2D eigenvalue weighted by Crippen LogP contribution is -2.09. The Bertz CT molecular complexity index is 466. The van der Waals surface area contributed by atoms with Gasteiger partial charge in [-0.3, -0.25) is 0 Å². The van der Waals surface area contributed by atoms with E-state index in [-0.39, 0.29) is 6.61 Å². The van der Waals surface area contributed by atoms with Gasteiger partial charge < -0.3 is 9.84 Å². The normalized spacial score (nSPS) is 10.5. The molecule has 1 heterocycles. The molecule has 0 aliphatic rings. The number of nitrogens with zero attached hydrogens (tertiary/aromatic N) is 2. The molecular weight excluding hydrogens is 216 g/mol. The zero-order chi connectivity index (χ0) is 12.1. The predicted octanol–water partition coefficient (Wildman–Crippen LogP) is 1.61. The molecular formula is C13H16N2O2. The van der Waals surface area contributed by atoms with Crippen molar-refractivity contribution in [2.75, 3.05) is 13.2 Å². The van der Waals surface area contributed by atoms with Gasteiger partial charge in [0.05, 0.1) is 18.8 Å². The molecule has 0 unspecified atom stereocenters. The van der Waals surface area contributed by atoms with Crippen molar-refractivity contribution in [3.63, 3.8) is 0 Å². The van der Waals surface area contributed by atoms with Gasteiger partial charge in [-0.1, -0.05) is 30.3 Å². The van der Waals surface area contributed by atoms with Gasteiger partial charge in [0, 0.05) is 6.07 Å². The maximum absolute atomic E-state index is 8.76. The van der Waals surface area contributed by atoms with Crippen molar-refractivity contribution < 1.29 is 9.84 Å². The molecule has 2 rings (SSSR count). The van der Waals surface area contributed by atoms with E-state index in [9.17, 15) is 0 Å². The molecule has 0 radical (unpaired) electrons. The Morgan fingerprint density at radius 1 is 1.29 bits per heavy atom. The summed E-state index contributed by atoms with van der Waals surface area (Å²) in [5.74, 6) is 0.695. The van der Waals surface area contributed by atoms with Gasteiger partial charge in [-0.15, -0.1) is 0 Å². The number of ether oxygens (including phenoxy) is 1. The fraction of sp³-hybridized carbons (Fsp3) is 0.308. The van der Waals surface area contributed by atoms with Crippen molar-refractivity contribution in [3.8, 4) is 5.88 Å². The Hall–Kier alpha value is -1.81. The molecule has 17 heavy (non-hydrogen) atoms. The van der Waals surface area contributed by atoms with Crippen LogP contribution in [0.1, 0.15) is 11.3 Å². The molecule has 4 nitrogen and oxygen atoms in total. The van der Waals surface area contributed by atoms with Crippen LogP contribution in [-0.2, 0) is 6.54 Å². The summed E-state index contributed by atoms with van der Waals surface area (Å²) in [6.45, 7) is 2.90. The van der Waals surface area contributed by atoms with Crippen LogP contribution in [0, 0.1) is 6.92 Å². The monoisotopic (exact) mass is 232 g/mol. The molecule has 90 valence electrons. The molecule has 1 N–H and O–H groups in total. The van der Waals surface area contributed by atoms with Gasteiger partial charge in [0.1, 0.15) is 6.61 Å². The first-order valence-corrected chi connectivity index (χ1v) is 5.61. The summed E-state index contributed by atoms with van der Waals surface area (Å²) in [4.78, 5) is 0. The predicted molar refractivity (Wildman–Crippen MR) is 65.1 cm³/mol. The highest BCUT2D eigenvalue weighted by atomic mass is 16.5. The van der Waals surface area contributed by atoms with Crippen LogP contribution in [-0.4, -0.2) is 28.1 Å². The summed E-state index contributed by atoms with van der Waals surface area (Å²) in [7, 11) is 0. The van der Waals surface area contributed by atoms with Gasteiger partial charge in [-0.05, 0) is 12.5 Å². The number of aromatic nitrogens is 2. The van der Waals surface area contributed by atoms with Crippen LogP contribution in [0.25, 0.3) is 0 Å². The van der Waals surface area contributed by atoms with Gasteiger partial charge >= 0.3 is 0 Å². The zero-order valence-electron chi connectivity index (χ0n) is 9.84. The molecule has 0 fully saturated rings. The van der Waals surface area contributed by atoms with E-state index in [2.05, 4.69) is 5.10 Å². The molecule has 0 saturated heterocycles. The molecule has 1 aromatic carbocycles. The molecule has 0 amide bonds. The van der Waals surface area contributed by atoms with Crippen molar-refractivity contribution in [1.29, 1.82) is 0 Å². The molecule has 1 aromatic heterocycles. The Morgan fingerprint density at radius 3 is 2.76 bits per heavy atom. The topological polar surface area (TPSA) is 47.3 Å². The minimum absolute atomic E-state index is 0.00949. The first-order chi connectivity index (χ1) is 8.29. The van der Waals surface area contributed by atoms with Crippen LogP contribution < -0.4 is 4.74 Å². The van der Waals surface area contributed by atoms with Crippen molar-refractivity contribution in [2.24, 2.45) is 0 Å². The Labute approximate surface area is 100 Å². The molecule has 0 aliphatic heterocycles. The summed E-state index contributed by atoms with van der Waals surface area (Å²) >= 11 is 0. The second kappa shape index (κ2) is 5.50. The van der Waals surface area contributed by atoms with E-state index >= 15 is 0 Å². The third kappa shape index (κ3) is 3.07. The average Bonchev–Trinajstić information content (AvgIpc) is 2.68. The Balaban J connectivity index is 2.14. The summed E-state index contributed by atoms with van der Waals surface area (Å²) in [5, 5.41) is 13.1. The van der Waals surface area contributed by atoms with Crippen LogP contribution >= 0.6 is 0 Å². The molecule has 0 aliphatic carbocycles. The van der Waals surface area contributed by atoms with E-state index in [1.165, 1.54) is 5.56 Å². The SMILES string of the molecule is Cc1cc(OCCO)n(Cc2ccccc2)n1. The Kier molecular flexibility index (Phi) is 3.77. The summed E-state index contributed by atoms with van der Waals surface area (Å²) in [5.41, 5.74) is 2.08. The number of aliphatic hydroxyl groups excluding tert-OH is 1. The molecule has 0 spiro atoms. The minimum atomic E-state index is 0.00949. The van der Waals surface area contributed by atoms with E-state index in [4.69, 9.17) is 9.84 Å². The number of aliphatic hydroxyl groups is 1. The van der Waals surface area contributed by atoms with Gasteiger partial charge in [-0.25, -0.2) is 4.68 Å². The van der Waals surface area contributed by atoms with Gasteiger partial charge in [0.2, 0.25) is 5.88 Å². The maximum Gasteiger partial charge on any atom is 0.212 e. The average molecular weight is 232 g/mol. The van der Waals surface area contributed by atoms with E-state index in [1.807, 2.05) is 43.3 Å². The molecule has 4 heteroatoms. The van der Waals surface area contributed by atoms with E-state index in [1.54, 1.807) is 4.68 Å². The number of hydrogen-bond acceptors (Lipinski definition) is 3. The molecule has 0 bridgehead atoms. The number of rotatable bonds is 5. The van der Waals surface area contributed by atoms with E-state index < -0.39 is 0 Å². The molecule has 0 saturated carbocycles. The van der Waals surface area contributed by atoms with Crippen molar-refractivity contribution in [2.45, 2.75) is 13.5 Å². The van der Waals surface area contributed by atoms with Crippen molar-refractivity contribution >= 4 is 0 Å². The van der Waals surface area contributed by atoms with Crippen LogP contribution in [0.5, 0.6) is 5.88 Å². The zero-order valence-corrected chi connectivity index (χ0v) is 9.84. The largest absolute Gasteiger partial charge is 0.475 e. The van der Waals surface area contributed by atoms with Gasteiger partial charge in [0.15, 0.2) is 0 Å². The van der Waals surface area contributed by atoms with Crippen LogP contribution in [0.3, 0.4) is 0 Å². The third-order valence-electron chi connectivity index (χ3n) is 2.38. The Morgan fingerprint density at radius 2 is 2.06 bits per heavy atom. The summed E-state index contributed by atoms with van der Waals surface area (Å²) in [6.07, 6.45) is 0. The van der Waals surface area contributed by atoms with E-state index in [0.717, 1.165) is 5.69 Å². The van der Waals surface area contributed by atoms with Crippen molar-refractivity contribution in [3.05, 3.63) is 47.7 Å². The second-order valence-electron chi connectivity index (χ2n) is 3.84. The van der Waals surface area contributed by atoms with E-state index in [0.29, 0.717) is 19.0 Å². The highest BCUT2D eigenvalue weighted by Crippen LogP contribution is 2.15. The van der Waals surface area contributed by atoms with Crippen LogP contribution in [0.4, 0.5) is 0 Å². The van der Waals surface area contributed by atoms with Crippen LogP contribution in [0.2, 0.25) is 0 Å². The number of benzene rings is 1. The van der Waals surface area contributed by atoms with Crippen LogP contribution in [0.15, 0.2) is 36.4 Å². The fourth-order valence-corrected chi connectivity index (χ4v) is 1.66. The summed E-state index contributed by atoms with van der Waals surface area (Å²) in [6, 6.07) is 12.0. The lowest BCUT2D eigenvalue weighted by atomic mass is 10.2. The third-order valence-corrected chi connectivity index (χ3v) is 2.38. The number of aryl methyl sites for hydroxylation is 1. The maximum atomic E-state index is 8.76. The lowest BCUT2D eigenvalue weighted by molar-refractivity contribution is 0.190. The lowest BCUT2D eigenvalue weighted by Gasteiger charge is -2.08. The first kappa shape index (κ1) is 11.7.